The van der Waals surface area contributed by atoms with E-state index in [0.717, 1.165) is 17.7 Å². The molecule has 2 nitrogen and oxygen atoms in total. The zero-order chi connectivity index (χ0) is 9.52. The van der Waals surface area contributed by atoms with Crippen LogP contribution in [0.2, 0.25) is 0 Å². The van der Waals surface area contributed by atoms with E-state index >= 15 is 0 Å². The zero-order valence-electron chi connectivity index (χ0n) is 7.83. The number of likely N-dealkylation sites (N-methyl/N-ethyl adjacent to an activating group) is 1. The molecule has 0 saturated heterocycles. The molecular weight excluding hydrogens is 162 g/mol. The van der Waals surface area contributed by atoms with Crippen molar-refractivity contribution in [3.8, 4) is 0 Å². The summed E-state index contributed by atoms with van der Waals surface area (Å²) in [6.07, 6.45) is 4.09. The van der Waals surface area contributed by atoms with E-state index in [4.69, 9.17) is 5.11 Å². The first-order valence-electron chi connectivity index (χ1n) is 4.37. The topological polar surface area (TPSA) is 32.3 Å². The van der Waals surface area contributed by atoms with Crippen LogP contribution >= 0.6 is 0 Å². The Kier molecular flexibility index (Phi) is 4.23. The highest BCUT2D eigenvalue weighted by atomic mass is 16.3. The summed E-state index contributed by atoms with van der Waals surface area (Å²) in [4.78, 5) is 0. The van der Waals surface area contributed by atoms with Crippen LogP contribution in [-0.2, 0) is 6.61 Å². The van der Waals surface area contributed by atoms with Crippen LogP contribution in [0.5, 0.6) is 0 Å². The first kappa shape index (κ1) is 9.96. The molecular formula is C11H15NO. The Bertz CT molecular complexity index is 281. The third-order valence-electron chi connectivity index (χ3n) is 1.77. The van der Waals surface area contributed by atoms with Crippen molar-refractivity contribution in [1.82, 2.24) is 5.32 Å². The van der Waals surface area contributed by atoms with Crippen LogP contribution in [0.25, 0.3) is 6.08 Å². The lowest BCUT2D eigenvalue weighted by molar-refractivity contribution is 0.282. The summed E-state index contributed by atoms with van der Waals surface area (Å²) in [6.45, 7) is 0.969. The molecule has 0 aromatic heterocycles. The molecule has 0 radical (unpaired) electrons. The molecule has 0 unspecified atom stereocenters. The van der Waals surface area contributed by atoms with E-state index in [1.165, 1.54) is 0 Å². The van der Waals surface area contributed by atoms with E-state index < -0.39 is 0 Å². The van der Waals surface area contributed by atoms with Crippen molar-refractivity contribution in [2.24, 2.45) is 0 Å². The lowest BCUT2D eigenvalue weighted by Crippen LogP contribution is -2.03. The smallest absolute Gasteiger partial charge is 0.0682 e. The molecule has 0 aliphatic carbocycles. The Balaban J connectivity index is 2.66. The van der Waals surface area contributed by atoms with Gasteiger partial charge in [0.1, 0.15) is 0 Å². The number of benzene rings is 1. The van der Waals surface area contributed by atoms with E-state index in [1.807, 2.05) is 37.4 Å². The summed E-state index contributed by atoms with van der Waals surface area (Å²) in [5, 5.41) is 11.9. The molecule has 0 fully saturated rings. The molecule has 0 saturated carbocycles. The lowest BCUT2D eigenvalue weighted by Gasteiger charge is -1.97. The van der Waals surface area contributed by atoms with Crippen LogP contribution in [0, 0.1) is 0 Å². The van der Waals surface area contributed by atoms with Crippen LogP contribution in [0.3, 0.4) is 0 Å². The molecule has 0 aliphatic heterocycles. The lowest BCUT2D eigenvalue weighted by atomic mass is 10.1. The monoisotopic (exact) mass is 177 g/mol. The molecule has 0 bridgehead atoms. The van der Waals surface area contributed by atoms with Crippen molar-refractivity contribution < 1.29 is 5.11 Å². The molecule has 2 N–H and O–H groups in total. The van der Waals surface area contributed by atoms with Crippen molar-refractivity contribution in [3.05, 3.63) is 41.5 Å². The summed E-state index contributed by atoms with van der Waals surface area (Å²) in [7, 11) is 1.91. The van der Waals surface area contributed by atoms with Gasteiger partial charge in [-0.05, 0) is 24.2 Å². The van der Waals surface area contributed by atoms with Crippen molar-refractivity contribution in [1.29, 1.82) is 0 Å². The van der Waals surface area contributed by atoms with E-state index in [9.17, 15) is 0 Å². The van der Waals surface area contributed by atoms with Gasteiger partial charge in [-0.15, -0.1) is 0 Å². The van der Waals surface area contributed by atoms with Gasteiger partial charge in [-0.2, -0.15) is 0 Å². The Morgan fingerprint density at radius 2 is 2.31 bits per heavy atom. The third kappa shape index (κ3) is 3.40. The molecule has 1 aromatic carbocycles. The highest BCUT2D eigenvalue weighted by molar-refractivity contribution is 5.50. The second-order valence-electron chi connectivity index (χ2n) is 2.86. The number of aliphatic hydroxyl groups is 1. The first-order chi connectivity index (χ1) is 6.36. The fourth-order valence-electron chi connectivity index (χ4n) is 1.11. The summed E-state index contributed by atoms with van der Waals surface area (Å²) in [5.41, 5.74) is 2.08. The number of hydrogen-bond donors (Lipinski definition) is 2. The number of rotatable bonds is 4. The van der Waals surface area contributed by atoms with Gasteiger partial charge in [-0.25, -0.2) is 0 Å². The van der Waals surface area contributed by atoms with Crippen molar-refractivity contribution in [3.63, 3.8) is 0 Å². The van der Waals surface area contributed by atoms with E-state index in [-0.39, 0.29) is 6.61 Å². The minimum atomic E-state index is 0.105. The Morgan fingerprint density at radius 3 is 3.00 bits per heavy atom. The predicted octanol–water partition coefficient (Wildman–Crippen LogP) is 1.41. The maximum absolute atomic E-state index is 8.90. The largest absolute Gasteiger partial charge is 0.392 e. The summed E-state index contributed by atoms with van der Waals surface area (Å²) in [5.74, 6) is 0. The minimum Gasteiger partial charge on any atom is -0.392 e. The van der Waals surface area contributed by atoms with Gasteiger partial charge in [0.05, 0.1) is 6.61 Å². The fourth-order valence-corrected chi connectivity index (χ4v) is 1.11. The van der Waals surface area contributed by atoms with Crippen molar-refractivity contribution in [2.45, 2.75) is 6.61 Å². The van der Waals surface area contributed by atoms with Crippen LogP contribution in [-0.4, -0.2) is 18.7 Å². The van der Waals surface area contributed by atoms with Crippen molar-refractivity contribution in [2.75, 3.05) is 13.6 Å². The maximum Gasteiger partial charge on any atom is 0.0682 e. The van der Waals surface area contributed by atoms with Gasteiger partial charge in [0.15, 0.2) is 0 Å². The quantitative estimate of drug-likeness (QED) is 0.729. The molecule has 0 amide bonds. The van der Waals surface area contributed by atoms with Crippen LogP contribution < -0.4 is 5.32 Å². The Morgan fingerprint density at radius 1 is 1.46 bits per heavy atom. The van der Waals surface area contributed by atoms with Gasteiger partial charge in [-0.3, -0.25) is 0 Å². The molecule has 0 aliphatic rings. The van der Waals surface area contributed by atoms with Gasteiger partial charge >= 0.3 is 0 Å². The zero-order valence-corrected chi connectivity index (χ0v) is 7.83. The molecule has 0 heterocycles. The molecule has 2 heteroatoms. The Labute approximate surface area is 78.9 Å². The molecule has 0 atom stereocenters. The van der Waals surface area contributed by atoms with Crippen LogP contribution in [0.1, 0.15) is 11.1 Å². The maximum atomic E-state index is 8.90. The highest BCUT2D eigenvalue weighted by Gasteiger charge is 1.89. The third-order valence-corrected chi connectivity index (χ3v) is 1.77. The minimum absolute atomic E-state index is 0.105. The van der Waals surface area contributed by atoms with E-state index in [1.54, 1.807) is 0 Å². The highest BCUT2D eigenvalue weighted by Crippen LogP contribution is 2.06. The van der Waals surface area contributed by atoms with Gasteiger partial charge in [0.25, 0.3) is 0 Å². The number of nitrogens with one attached hydrogen (secondary N) is 1. The average Bonchev–Trinajstić information content (AvgIpc) is 2.19. The number of hydrogen-bond acceptors (Lipinski definition) is 2. The summed E-state index contributed by atoms with van der Waals surface area (Å²) < 4.78 is 0. The SMILES string of the molecule is CNCC=Cc1cccc(CO)c1. The standard InChI is InChI=1S/C11H15NO/c1-12-7-3-6-10-4-2-5-11(8-10)9-13/h2-6,8,12-13H,7,9H2,1H3. The first-order valence-corrected chi connectivity index (χ1v) is 4.37. The predicted molar refractivity (Wildman–Crippen MR) is 55.3 cm³/mol. The molecule has 1 aromatic rings. The molecule has 0 spiro atoms. The fraction of sp³-hybridized carbons (Fsp3) is 0.273. The molecule has 1 rings (SSSR count). The Hall–Kier alpha value is -1.12. The van der Waals surface area contributed by atoms with Gasteiger partial charge in [-0.1, -0.05) is 30.4 Å². The average molecular weight is 177 g/mol. The molecule has 70 valence electrons. The van der Waals surface area contributed by atoms with Gasteiger partial charge in [0, 0.05) is 6.54 Å². The van der Waals surface area contributed by atoms with Gasteiger partial charge in [0.2, 0.25) is 0 Å². The summed E-state index contributed by atoms with van der Waals surface area (Å²) >= 11 is 0. The van der Waals surface area contributed by atoms with E-state index in [2.05, 4.69) is 11.4 Å². The second kappa shape index (κ2) is 5.51. The summed E-state index contributed by atoms with van der Waals surface area (Å²) in [6, 6.07) is 7.86. The van der Waals surface area contributed by atoms with Gasteiger partial charge < -0.3 is 10.4 Å². The van der Waals surface area contributed by atoms with Crippen molar-refractivity contribution >= 4 is 6.08 Å². The van der Waals surface area contributed by atoms with E-state index in [0.29, 0.717) is 0 Å². The van der Waals surface area contributed by atoms with Crippen LogP contribution in [0.15, 0.2) is 30.3 Å². The second-order valence-corrected chi connectivity index (χ2v) is 2.86. The number of aliphatic hydroxyl groups excluding tert-OH is 1. The van der Waals surface area contributed by atoms with Crippen LogP contribution in [0.4, 0.5) is 0 Å². The molecule has 13 heavy (non-hydrogen) atoms. The normalized spacial score (nSPS) is 10.9.